The summed E-state index contributed by atoms with van der Waals surface area (Å²) in [6.45, 7) is 15.4. The molecule has 5 rings (SSSR count). The van der Waals surface area contributed by atoms with Gasteiger partial charge in [-0.05, 0) is 93.7 Å². The summed E-state index contributed by atoms with van der Waals surface area (Å²) in [6, 6.07) is 15.1. The number of methoxy groups -OCH3 is 1. The molecule has 2 aromatic rings. The van der Waals surface area contributed by atoms with Crippen molar-refractivity contribution in [2.75, 3.05) is 33.4 Å². The van der Waals surface area contributed by atoms with Gasteiger partial charge in [-0.3, -0.25) is 4.90 Å². The zero-order valence-electron chi connectivity index (χ0n) is 25.2. The predicted molar refractivity (Wildman–Crippen MR) is 168 cm³/mol. The van der Waals surface area contributed by atoms with E-state index in [0.29, 0.717) is 6.04 Å². The molecule has 3 nitrogen and oxygen atoms in total. The summed E-state index contributed by atoms with van der Waals surface area (Å²) in [4.78, 5) is 2.68. The van der Waals surface area contributed by atoms with Crippen molar-refractivity contribution in [1.29, 1.82) is 0 Å². The van der Waals surface area contributed by atoms with Crippen molar-refractivity contribution < 1.29 is 9.47 Å². The standard InChI is InChI=1S/C18H25NO.C11H13Cl.C6H12O/c1-13-9-10-19(12-14(13)2)16-8-7-15-5-4-6-18(20-3)17(15)11-16;1-3-6-9(2)10-7-4-5-8-11(10)12;1-2-3-6-4-7-5-6/h4-6,16H,7-12H2,1-3H3;4-8H,3H2,1-2H3;6H,2-5H2,1H3/b;9-6-;. The first kappa shape index (κ1) is 31.5. The number of rotatable bonds is 6. The maximum Gasteiger partial charge on any atom is 0.122 e. The second kappa shape index (κ2) is 16.3. The van der Waals surface area contributed by atoms with E-state index in [0.717, 1.165) is 54.9 Å². The van der Waals surface area contributed by atoms with Crippen LogP contribution in [0.4, 0.5) is 0 Å². The van der Waals surface area contributed by atoms with Gasteiger partial charge in [-0.1, -0.05) is 79.4 Å². The normalized spacial score (nSPS) is 19.7. The van der Waals surface area contributed by atoms with Gasteiger partial charge in [-0.25, -0.2) is 0 Å². The van der Waals surface area contributed by atoms with Crippen molar-refractivity contribution in [3.63, 3.8) is 0 Å². The van der Waals surface area contributed by atoms with Crippen LogP contribution in [0, 0.1) is 5.92 Å². The quantitative estimate of drug-likeness (QED) is 0.334. The Labute approximate surface area is 243 Å². The van der Waals surface area contributed by atoms with Crippen LogP contribution in [0.3, 0.4) is 0 Å². The average molecular weight is 552 g/mol. The molecule has 3 aliphatic rings. The maximum absolute atomic E-state index is 6.01. The van der Waals surface area contributed by atoms with E-state index in [1.54, 1.807) is 18.3 Å². The lowest BCUT2D eigenvalue weighted by Crippen LogP contribution is -2.42. The molecule has 0 saturated carbocycles. The number of aryl methyl sites for hydroxylation is 1. The summed E-state index contributed by atoms with van der Waals surface area (Å²) in [5.74, 6) is 1.98. The fourth-order valence-corrected chi connectivity index (χ4v) is 5.94. The van der Waals surface area contributed by atoms with Crippen LogP contribution >= 0.6 is 11.6 Å². The molecule has 0 radical (unpaired) electrons. The van der Waals surface area contributed by atoms with Crippen LogP contribution in [0.25, 0.3) is 5.57 Å². The monoisotopic (exact) mass is 551 g/mol. The number of hydrogen-bond acceptors (Lipinski definition) is 3. The molecule has 214 valence electrons. The number of nitrogens with zero attached hydrogens (tertiary/aromatic N) is 1. The second-order valence-corrected chi connectivity index (χ2v) is 11.7. The Balaban J connectivity index is 0.000000187. The van der Waals surface area contributed by atoms with E-state index in [9.17, 15) is 0 Å². The van der Waals surface area contributed by atoms with Crippen LogP contribution in [-0.2, 0) is 17.6 Å². The van der Waals surface area contributed by atoms with Gasteiger partial charge < -0.3 is 9.47 Å². The molecule has 1 unspecified atom stereocenters. The highest BCUT2D eigenvalue weighted by atomic mass is 35.5. The molecule has 0 spiro atoms. The summed E-state index contributed by atoms with van der Waals surface area (Å²) in [7, 11) is 1.79. The molecular weight excluding hydrogens is 502 g/mol. The number of fused-ring (bicyclic) bond motifs is 1. The lowest BCUT2D eigenvalue weighted by molar-refractivity contribution is -0.0356. The predicted octanol–water partition coefficient (Wildman–Crippen LogP) is 9.18. The van der Waals surface area contributed by atoms with Crippen molar-refractivity contribution in [2.24, 2.45) is 5.92 Å². The molecule has 2 aromatic carbocycles. The first-order valence-corrected chi connectivity index (χ1v) is 15.3. The van der Waals surface area contributed by atoms with Gasteiger partial charge in [0.05, 0.1) is 20.3 Å². The Morgan fingerprint density at radius 2 is 1.82 bits per heavy atom. The Kier molecular flexibility index (Phi) is 13.1. The van der Waals surface area contributed by atoms with Crippen molar-refractivity contribution in [3.05, 3.63) is 81.4 Å². The van der Waals surface area contributed by atoms with Crippen LogP contribution < -0.4 is 4.74 Å². The summed E-state index contributed by atoms with van der Waals surface area (Å²) in [6.07, 6.45) is 10.8. The molecule has 0 amide bonds. The number of allylic oxidation sites excluding steroid dienone is 2. The first-order chi connectivity index (χ1) is 18.9. The number of hydrogen-bond donors (Lipinski definition) is 0. The van der Waals surface area contributed by atoms with Gasteiger partial charge in [0.1, 0.15) is 5.75 Å². The molecule has 0 aromatic heterocycles. The highest BCUT2D eigenvalue weighted by Gasteiger charge is 2.27. The molecule has 0 bridgehead atoms. The van der Waals surface area contributed by atoms with Crippen LogP contribution in [0.15, 0.2) is 59.7 Å². The average Bonchev–Trinajstić information content (AvgIpc) is 2.92. The first-order valence-electron chi connectivity index (χ1n) is 14.9. The lowest BCUT2D eigenvalue weighted by Gasteiger charge is -2.38. The third kappa shape index (κ3) is 9.23. The van der Waals surface area contributed by atoms with E-state index in [-0.39, 0.29) is 0 Å². The molecule has 1 atom stereocenters. The van der Waals surface area contributed by atoms with Gasteiger partial charge in [0.2, 0.25) is 0 Å². The molecule has 4 heteroatoms. The van der Waals surface area contributed by atoms with Gasteiger partial charge in [-0.15, -0.1) is 0 Å². The van der Waals surface area contributed by atoms with E-state index in [4.69, 9.17) is 21.1 Å². The Morgan fingerprint density at radius 3 is 2.41 bits per heavy atom. The zero-order valence-corrected chi connectivity index (χ0v) is 25.9. The molecule has 39 heavy (non-hydrogen) atoms. The third-order valence-corrected chi connectivity index (χ3v) is 8.64. The van der Waals surface area contributed by atoms with Crippen molar-refractivity contribution in [2.45, 2.75) is 85.6 Å². The van der Waals surface area contributed by atoms with Crippen molar-refractivity contribution in [3.8, 4) is 5.75 Å². The van der Waals surface area contributed by atoms with Gasteiger partial charge in [0.25, 0.3) is 0 Å². The SMILES string of the molecule is CC/C=C(/C)c1ccccc1Cl.CCCC1COC1.COc1cccc2c1CC(N1CCC(C)=C(C)C1)CC2. The van der Waals surface area contributed by atoms with E-state index in [1.165, 1.54) is 55.3 Å². The van der Waals surface area contributed by atoms with Crippen LogP contribution in [0.1, 0.15) is 83.4 Å². The van der Waals surface area contributed by atoms with Crippen molar-refractivity contribution >= 4 is 17.2 Å². The minimum absolute atomic E-state index is 0.682. The van der Waals surface area contributed by atoms with E-state index in [2.05, 4.69) is 63.8 Å². The van der Waals surface area contributed by atoms with Gasteiger partial charge in [0, 0.05) is 30.1 Å². The minimum atomic E-state index is 0.682. The van der Waals surface area contributed by atoms with E-state index >= 15 is 0 Å². The third-order valence-electron chi connectivity index (χ3n) is 8.31. The highest BCUT2D eigenvalue weighted by molar-refractivity contribution is 6.32. The molecule has 2 aliphatic heterocycles. The highest BCUT2D eigenvalue weighted by Crippen LogP contribution is 2.33. The molecule has 0 N–H and O–H groups in total. The second-order valence-electron chi connectivity index (χ2n) is 11.2. The molecule has 1 aliphatic carbocycles. The molecular formula is C35H50ClNO2. The Morgan fingerprint density at radius 1 is 1.05 bits per heavy atom. The fraction of sp³-hybridized carbons (Fsp3) is 0.543. The molecule has 1 fully saturated rings. The smallest absolute Gasteiger partial charge is 0.122 e. The lowest BCUT2D eigenvalue weighted by atomic mass is 9.86. The number of ether oxygens (including phenoxy) is 2. The fourth-order valence-electron chi connectivity index (χ4n) is 5.65. The topological polar surface area (TPSA) is 21.7 Å². The van der Waals surface area contributed by atoms with Crippen LogP contribution in [0.2, 0.25) is 5.02 Å². The van der Waals surface area contributed by atoms with Crippen molar-refractivity contribution in [1.82, 2.24) is 4.90 Å². The van der Waals surface area contributed by atoms with Gasteiger partial charge >= 0.3 is 0 Å². The molecule has 1 saturated heterocycles. The number of benzene rings is 2. The Bertz CT molecular complexity index is 1090. The Hall–Kier alpha value is -2.07. The molecule has 2 heterocycles. The summed E-state index contributed by atoms with van der Waals surface area (Å²) in [5, 5.41) is 0.833. The van der Waals surface area contributed by atoms with E-state index < -0.39 is 0 Å². The number of halogens is 1. The van der Waals surface area contributed by atoms with E-state index in [1.807, 2.05) is 24.3 Å². The minimum Gasteiger partial charge on any atom is -0.496 e. The van der Waals surface area contributed by atoms with Crippen LogP contribution in [0.5, 0.6) is 5.75 Å². The zero-order chi connectivity index (χ0) is 28.2. The maximum atomic E-state index is 6.01. The summed E-state index contributed by atoms with van der Waals surface area (Å²) < 4.78 is 10.5. The summed E-state index contributed by atoms with van der Waals surface area (Å²) >= 11 is 6.01. The van der Waals surface area contributed by atoms with Gasteiger partial charge in [0.15, 0.2) is 0 Å². The summed E-state index contributed by atoms with van der Waals surface area (Å²) in [5.41, 5.74) is 8.48. The largest absolute Gasteiger partial charge is 0.496 e. The van der Waals surface area contributed by atoms with Gasteiger partial charge in [-0.2, -0.15) is 0 Å². The van der Waals surface area contributed by atoms with Crippen LogP contribution in [-0.4, -0.2) is 44.4 Å².